The van der Waals surface area contributed by atoms with Gasteiger partial charge in [0.05, 0.1) is 38.5 Å². The normalized spacial score (nSPS) is 20.5. The van der Waals surface area contributed by atoms with Crippen molar-refractivity contribution >= 4 is 23.4 Å². The van der Waals surface area contributed by atoms with E-state index in [1.54, 1.807) is 61.7 Å². The number of benzene rings is 3. The summed E-state index contributed by atoms with van der Waals surface area (Å²) in [6.07, 6.45) is 0. The van der Waals surface area contributed by atoms with Crippen LogP contribution in [0.25, 0.3) is 0 Å². The monoisotopic (exact) mass is 515 g/mol. The molecule has 9 heteroatoms. The molecule has 3 atom stereocenters. The molecule has 2 aliphatic heterocycles. The second kappa shape index (κ2) is 10.2. The number of carbonyl (C=O) groups is 3. The first kappa shape index (κ1) is 25.3. The summed E-state index contributed by atoms with van der Waals surface area (Å²) in [5.74, 6) is -0.489. The quantitative estimate of drug-likeness (QED) is 0.480. The number of amides is 3. The lowest BCUT2D eigenvalue weighted by molar-refractivity contribution is -0.123. The van der Waals surface area contributed by atoms with Gasteiger partial charge < -0.3 is 14.2 Å². The van der Waals surface area contributed by atoms with Gasteiger partial charge in [0.1, 0.15) is 23.3 Å². The Morgan fingerprint density at radius 1 is 0.895 bits per heavy atom. The fraction of sp³-hybridized carbons (Fsp3) is 0.276. The van der Waals surface area contributed by atoms with E-state index in [-0.39, 0.29) is 0 Å². The second-order valence-electron chi connectivity index (χ2n) is 9.17. The predicted octanol–water partition coefficient (Wildman–Crippen LogP) is 3.67. The first-order chi connectivity index (χ1) is 18.4. The molecule has 2 heterocycles. The first-order valence-electron chi connectivity index (χ1n) is 12.4. The number of anilines is 1. The molecule has 0 unspecified atom stereocenters. The average Bonchev–Trinajstić information content (AvgIpc) is 3.45. The van der Waals surface area contributed by atoms with Gasteiger partial charge in [-0.2, -0.15) is 0 Å². The van der Waals surface area contributed by atoms with Gasteiger partial charge in [-0.05, 0) is 68.4 Å². The lowest BCUT2D eigenvalue weighted by Crippen LogP contribution is -2.48. The summed E-state index contributed by atoms with van der Waals surface area (Å²) in [7, 11) is 3.07. The van der Waals surface area contributed by atoms with Crippen LogP contribution in [0.2, 0.25) is 0 Å². The highest BCUT2D eigenvalue weighted by atomic mass is 16.5. The second-order valence-corrected chi connectivity index (χ2v) is 9.17. The van der Waals surface area contributed by atoms with Crippen LogP contribution < -0.4 is 24.5 Å². The summed E-state index contributed by atoms with van der Waals surface area (Å²) in [6.45, 7) is 4.30. The zero-order valence-corrected chi connectivity index (χ0v) is 21.6. The van der Waals surface area contributed by atoms with Gasteiger partial charge in [0, 0.05) is 11.1 Å². The molecule has 3 amide bonds. The molecule has 0 aliphatic carbocycles. The molecular weight excluding hydrogens is 486 g/mol. The number of hydrogen-bond acceptors (Lipinski definition) is 7. The highest BCUT2D eigenvalue weighted by molar-refractivity contribution is 6.25. The Hall–Kier alpha value is -4.37. The Morgan fingerprint density at radius 2 is 1.58 bits per heavy atom. The number of nitrogens with zero attached hydrogens (tertiary/aromatic N) is 2. The van der Waals surface area contributed by atoms with E-state index in [0.29, 0.717) is 40.7 Å². The number of aryl methyl sites for hydroxylation is 1. The standard InChI is InChI=1S/C29H29N3O6/c1-5-38-20-12-10-19(11-13-20)31-28(34)24-25(22-16-21(36-3)14-15-23(22)37-4)30-32(26(24)29(31)35)27(33)18-8-6-17(2)7-9-18/h6-16,24-26,30H,5H2,1-4H3/t24-,25-,26-/m1/s1. The van der Waals surface area contributed by atoms with E-state index in [2.05, 4.69) is 5.43 Å². The van der Waals surface area contributed by atoms with Crippen LogP contribution in [-0.4, -0.2) is 49.6 Å². The summed E-state index contributed by atoms with van der Waals surface area (Å²) in [5.41, 5.74) is 5.59. The topological polar surface area (TPSA) is 97.4 Å². The molecule has 196 valence electrons. The van der Waals surface area contributed by atoms with Crippen molar-refractivity contribution in [3.05, 3.63) is 83.4 Å². The van der Waals surface area contributed by atoms with Crippen molar-refractivity contribution < 1.29 is 28.6 Å². The lowest BCUT2D eigenvalue weighted by atomic mass is 9.90. The predicted molar refractivity (Wildman–Crippen MR) is 140 cm³/mol. The first-order valence-corrected chi connectivity index (χ1v) is 12.4. The van der Waals surface area contributed by atoms with Gasteiger partial charge in [0.2, 0.25) is 5.91 Å². The molecule has 3 aromatic rings. The van der Waals surface area contributed by atoms with Crippen molar-refractivity contribution in [1.29, 1.82) is 0 Å². The molecule has 0 aromatic heterocycles. The molecule has 5 rings (SSSR count). The third-order valence-electron chi connectivity index (χ3n) is 6.93. The zero-order valence-electron chi connectivity index (χ0n) is 21.6. The zero-order chi connectivity index (χ0) is 27.0. The van der Waals surface area contributed by atoms with Crippen molar-refractivity contribution in [2.45, 2.75) is 25.9 Å². The number of fused-ring (bicyclic) bond motifs is 1. The van der Waals surface area contributed by atoms with Gasteiger partial charge >= 0.3 is 0 Å². The van der Waals surface area contributed by atoms with Crippen LogP contribution in [-0.2, 0) is 9.59 Å². The fourth-order valence-electron chi connectivity index (χ4n) is 5.06. The molecule has 2 saturated heterocycles. The van der Waals surface area contributed by atoms with Crippen LogP contribution in [0, 0.1) is 12.8 Å². The number of carbonyl (C=O) groups excluding carboxylic acids is 3. The van der Waals surface area contributed by atoms with Gasteiger partial charge in [-0.15, -0.1) is 0 Å². The van der Waals surface area contributed by atoms with Gasteiger partial charge in [-0.3, -0.25) is 19.4 Å². The van der Waals surface area contributed by atoms with E-state index in [1.165, 1.54) is 12.1 Å². The van der Waals surface area contributed by atoms with E-state index in [0.717, 1.165) is 10.5 Å². The minimum Gasteiger partial charge on any atom is -0.497 e. The van der Waals surface area contributed by atoms with Crippen LogP contribution >= 0.6 is 0 Å². The van der Waals surface area contributed by atoms with E-state index in [4.69, 9.17) is 14.2 Å². The Balaban J connectivity index is 1.59. The Morgan fingerprint density at radius 3 is 2.21 bits per heavy atom. The molecule has 3 aromatic carbocycles. The highest BCUT2D eigenvalue weighted by Crippen LogP contribution is 2.45. The maximum Gasteiger partial charge on any atom is 0.268 e. The Bertz CT molecular complexity index is 1370. The third kappa shape index (κ3) is 4.24. The SMILES string of the molecule is CCOc1ccc(N2C(=O)[C@@H]3[C@@H](c4cc(OC)ccc4OC)NN(C(=O)c4ccc(C)cc4)[C@H]3C2=O)cc1. The van der Waals surface area contributed by atoms with Gasteiger partial charge in [0.25, 0.3) is 11.8 Å². The molecule has 0 spiro atoms. The van der Waals surface area contributed by atoms with E-state index < -0.39 is 35.7 Å². The highest BCUT2D eigenvalue weighted by Gasteiger charge is 2.60. The largest absolute Gasteiger partial charge is 0.497 e. The van der Waals surface area contributed by atoms with Crippen LogP contribution in [0.15, 0.2) is 66.7 Å². The molecule has 0 radical (unpaired) electrons. The number of hydrazine groups is 1. The molecule has 1 N–H and O–H groups in total. The molecular formula is C29H29N3O6. The van der Waals surface area contributed by atoms with Crippen molar-refractivity contribution in [3.63, 3.8) is 0 Å². The van der Waals surface area contributed by atoms with Crippen molar-refractivity contribution in [3.8, 4) is 17.2 Å². The molecule has 0 bridgehead atoms. The summed E-state index contributed by atoms with van der Waals surface area (Å²) in [5, 5.41) is 1.29. The van der Waals surface area contributed by atoms with Gasteiger partial charge in [-0.25, -0.2) is 10.3 Å². The minimum atomic E-state index is -1.05. The summed E-state index contributed by atoms with van der Waals surface area (Å²) in [4.78, 5) is 42.6. The van der Waals surface area contributed by atoms with Crippen molar-refractivity contribution in [1.82, 2.24) is 10.4 Å². The lowest BCUT2D eigenvalue weighted by Gasteiger charge is -2.26. The number of methoxy groups -OCH3 is 2. The Labute approximate surface area is 220 Å². The molecule has 2 fully saturated rings. The third-order valence-corrected chi connectivity index (χ3v) is 6.93. The number of imide groups is 1. The van der Waals surface area contributed by atoms with E-state index in [1.807, 2.05) is 26.0 Å². The summed E-state index contributed by atoms with van der Waals surface area (Å²) < 4.78 is 16.5. The summed E-state index contributed by atoms with van der Waals surface area (Å²) in [6, 6.07) is 17.3. The van der Waals surface area contributed by atoms with Gasteiger partial charge in [-0.1, -0.05) is 17.7 Å². The number of hydrogen-bond donors (Lipinski definition) is 1. The maximum absolute atomic E-state index is 13.9. The van der Waals surface area contributed by atoms with Crippen LogP contribution in [0.5, 0.6) is 17.2 Å². The molecule has 2 aliphatic rings. The van der Waals surface area contributed by atoms with E-state index in [9.17, 15) is 14.4 Å². The molecule has 9 nitrogen and oxygen atoms in total. The number of rotatable bonds is 7. The van der Waals surface area contributed by atoms with Crippen LogP contribution in [0.4, 0.5) is 5.69 Å². The van der Waals surface area contributed by atoms with Gasteiger partial charge in [0.15, 0.2) is 0 Å². The molecule has 0 saturated carbocycles. The number of nitrogens with one attached hydrogen (secondary N) is 1. The molecule has 38 heavy (non-hydrogen) atoms. The van der Waals surface area contributed by atoms with Crippen LogP contribution in [0.3, 0.4) is 0 Å². The Kier molecular flexibility index (Phi) is 6.77. The fourth-order valence-corrected chi connectivity index (χ4v) is 5.06. The summed E-state index contributed by atoms with van der Waals surface area (Å²) >= 11 is 0. The average molecular weight is 516 g/mol. The van der Waals surface area contributed by atoms with Crippen LogP contribution in [0.1, 0.15) is 34.5 Å². The minimum absolute atomic E-state index is 0.403. The smallest absolute Gasteiger partial charge is 0.268 e. The van der Waals surface area contributed by atoms with E-state index >= 15 is 0 Å². The maximum atomic E-state index is 13.9. The van der Waals surface area contributed by atoms with Crippen molar-refractivity contribution in [2.24, 2.45) is 5.92 Å². The van der Waals surface area contributed by atoms with Crippen molar-refractivity contribution in [2.75, 3.05) is 25.7 Å². The number of ether oxygens (including phenoxy) is 3.